The minimum Gasteiger partial charge on any atom is -0.346 e. The highest BCUT2D eigenvalue weighted by Gasteiger charge is 2.23. The summed E-state index contributed by atoms with van der Waals surface area (Å²) in [6.07, 6.45) is 0. The number of hydrogen-bond acceptors (Lipinski definition) is 4. The summed E-state index contributed by atoms with van der Waals surface area (Å²) in [4.78, 5) is 40.5. The first-order chi connectivity index (χ1) is 15.7. The molecule has 3 amide bonds. The van der Waals surface area contributed by atoms with Crippen LogP contribution >= 0.6 is 0 Å². The summed E-state index contributed by atoms with van der Waals surface area (Å²) in [6.45, 7) is 6.13. The van der Waals surface area contributed by atoms with E-state index in [2.05, 4.69) is 24.5 Å². The molecule has 0 spiro atoms. The number of piperazine rings is 1. The number of carbonyl (C=O) groups is 3. The van der Waals surface area contributed by atoms with Gasteiger partial charge in [-0.1, -0.05) is 26.0 Å². The predicted molar refractivity (Wildman–Crippen MR) is 121 cm³/mol. The first-order valence-electron chi connectivity index (χ1n) is 10.9. The van der Waals surface area contributed by atoms with Crippen molar-refractivity contribution in [3.63, 3.8) is 0 Å². The van der Waals surface area contributed by atoms with Crippen molar-refractivity contribution in [1.29, 1.82) is 0 Å². The topological polar surface area (TPSA) is 81.8 Å². The molecule has 1 aliphatic heterocycles. The number of carbonyl (C=O) groups excluding carboxylic acids is 3. The molecule has 3 rings (SSSR count). The standard InChI is InChI=1S/C24H28F2N4O3/c1-16(2)17-3-5-18(6-4-17)24(33)30-11-9-29(10-12-30)15-23(32)27-14-22(31)28-19-7-8-20(25)21(26)13-19/h3-8,13,16H,9-12,14-15H2,1-2H3,(H,27,32)(H,28,31). The Morgan fingerprint density at radius 2 is 1.58 bits per heavy atom. The number of nitrogens with zero attached hydrogens (tertiary/aromatic N) is 2. The Balaban J connectivity index is 1.39. The number of benzene rings is 2. The molecule has 1 heterocycles. The Kier molecular flexibility index (Phi) is 8.11. The lowest BCUT2D eigenvalue weighted by Gasteiger charge is -2.34. The zero-order chi connectivity index (χ0) is 24.0. The van der Waals surface area contributed by atoms with Crippen LogP contribution in [-0.2, 0) is 9.59 Å². The lowest BCUT2D eigenvalue weighted by molar-refractivity contribution is -0.125. The van der Waals surface area contributed by atoms with Gasteiger partial charge in [-0.25, -0.2) is 8.78 Å². The van der Waals surface area contributed by atoms with Crippen LogP contribution in [0.5, 0.6) is 0 Å². The van der Waals surface area contributed by atoms with Crippen LogP contribution < -0.4 is 10.6 Å². The number of amides is 3. The molecule has 0 bridgehead atoms. The highest BCUT2D eigenvalue weighted by atomic mass is 19.2. The van der Waals surface area contributed by atoms with E-state index in [1.807, 2.05) is 29.2 Å². The summed E-state index contributed by atoms with van der Waals surface area (Å²) < 4.78 is 26.1. The zero-order valence-electron chi connectivity index (χ0n) is 18.7. The van der Waals surface area contributed by atoms with Gasteiger partial charge in [-0.2, -0.15) is 0 Å². The number of anilines is 1. The maximum atomic E-state index is 13.2. The van der Waals surface area contributed by atoms with Gasteiger partial charge in [-0.3, -0.25) is 19.3 Å². The molecule has 2 N–H and O–H groups in total. The Hall–Kier alpha value is -3.33. The fraction of sp³-hybridized carbons (Fsp3) is 0.375. The first kappa shape index (κ1) is 24.3. The molecule has 1 saturated heterocycles. The minimum atomic E-state index is -1.07. The highest BCUT2D eigenvalue weighted by Crippen LogP contribution is 2.16. The normalized spacial score (nSPS) is 14.3. The molecule has 0 aromatic heterocycles. The summed E-state index contributed by atoms with van der Waals surface area (Å²) in [7, 11) is 0. The zero-order valence-corrected chi connectivity index (χ0v) is 18.7. The van der Waals surface area contributed by atoms with Crippen LogP contribution in [0.1, 0.15) is 35.7 Å². The fourth-order valence-corrected chi connectivity index (χ4v) is 3.52. The largest absolute Gasteiger partial charge is 0.346 e. The molecule has 0 saturated carbocycles. The van der Waals surface area contributed by atoms with Crippen LogP contribution in [0.25, 0.3) is 0 Å². The molecule has 176 valence electrons. The minimum absolute atomic E-state index is 0.0247. The van der Waals surface area contributed by atoms with E-state index in [0.717, 1.165) is 12.1 Å². The lowest BCUT2D eigenvalue weighted by Crippen LogP contribution is -2.51. The SMILES string of the molecule is CC(C)c1ccc(C(=O)N2CCN(CC(=O)NCC(=O)Nc3ccc(F)c(F)c3)CC2)cc1. The molecule has 0 atom stereocenters. The Morgan fingerprint density at radius 3 is 2.18 bits per heavy atom. The van der Waals surface area contributed by atoms with E-state index in [1.165, 1.54) is 11.6 Å². The molecule has 2 aromatic carbocycles. The van der Waals surface area contributed by atoms with Gasteiger partial charge < -0.3 is 15.5 Å². The number of hydrogen-bond donors (Lipinski definition) is 2. The van der Waals surface area contributed by atoms with Gasteiger partial charge in [0.25, 0.3) is 5.91 Å². The highest BCUT2D eigenvalue weighted by molar-refractivity contribution is 5.95. The molecule has 0 unspecified atom stereocenters. The average molecular weight is 459 g/mol. The second-order valence-electron chi connectivity index (χ2n) is 8.30. The second kappa shape index (κ2) is 11.0. The molecule has 0 aliphatic carbocycles. The van der Waals surface area contributed by atoms with Crippen molar-refractivity contribution >= 4 is 23.4 Å². The summed E-state index contributed by atoms with van der Waals surface area (Å²) in [5.74, 6) is -2.58. The maximum absolute atomic E-state index is 13.2. The van der Waals surface area contributed by atoms with Crippen LogP contribution in [0.4, 0.5) is 14.5 Å². The van der Waals surface area contributed by atoms with E-state index in [4.69, 9.17) is 0 Å². The van der Waals surface area contributed by atoms with E-state index in [1.54, 1.807) is 4.90 Å². The van der Waals surface area contributed by atoms with Gasteiger partial charge in [0.2, 0.25) is 11.8 Å². The molecule has 2 aromatic rings. The molecular formula is C24H28F2N4O3. The van der Waals surface area contributed by atoms with Crippen LogP contribution in [0, 0.1) is 11.6 Å². The third kappa shape index (κ3) is 6.82. The average Bonchev–Trinajstić information content (AvgIpc) is 2.80. The molecule has 33 heavy (non-hydrogen) atoms. The van der Waals surface area contributed by atoms with Crippen molar-refractivity contribution in [2.24, 2.45) is 0 Å². The summed E-state index contributed by atoms with van der Waals surface area (Å²) in [6, 6.07) is 10.7. The van der Waals surface area contributed by atoms with Gasteiger partial charge in [0.15, 0.2) is 11.6 Å². The van der Waals surface area contributed by atoms with Crippen molar-refractivity contribution in [3.05, 3.63) is 65.2 Å². The predicted octanol–water partition coefficient (Wildman–Crippen LogP) is 2.60. The quantitative estimate of drug-likeness (QED) is 0.668. The number of nitrogens with one attached hydrogen (secondary N) is 2. The van der Waals surface area contributed by atoms with Crippen LogP contribution in [0.15, 0.2) is 42.5 Å². The van der Waals surface area contributed by atoms with E-state index < -0.39 is 17.5 Å². The van der Waals surface area contributed by atoms with Gasteiger partial charge >= 0.3 is 0 Å². The summed E-state index contributed by atoms with van der Waals surface area (Å²) in [5.41, 5.74) is 1.94. The third-order valence-electron chi connectivity index (χ3n) is 5.50. The molecule has 9 heteroatoms. The monoisotopic (exact) mass is 458 g/mol. The van der Waals surface area contributed by atoms with Crippen LogP contribution in [0.2, 0.25) is 0 Å². The van der Waals surface area contributed by atoms with Gasteiger partial charge in [0.05, 0.1) is 13.1 Å². The van der Waals surface area contributed by atoms with E-state index in [9.17, 15) is 23.2 Å². The lowest BCUT2D eigenvalue weighted by atomic mass is 10.0. The number of halogens is 2. The molecule has 1 fully saturated rings. The fourth-order valence-electron chi connectivity index (χ4n) is 3.52. The van der Waals surface area contributed by atoms with E-state index in [-0.39, 0.29) is 30.6 Å². The van der Waals surface area contributed by atoms with Crippen molar-refractivity contribution in [3.8, 4) is 0 Å². The van der Waals surface area contributed by atoms with Crippen molar-refractivity contribution in [1.82, 2.24) is 15.1 Å². The summed E-state index contributed by atoms with van der Waals surface area (Å²) in [5, 5.41) is 4.90. The van der Waals surface area contributed by atoms with Gasteiger partial charge in [0.1, 0.15) is 0 Å². The van der Waals surface area contributed by atoms with Crippen LogP contribution in [-0.4, -0.2) is 66.8 Å². The van der Waals surface area contributed by atoms with Gasteiger partial charge in [-0.05, 0) is 35.7 Å². The van der Waals surface area contributed by atoms with Gasteiger partial charge in [-0.15, -0.1) is 0 Å². The Bertz CT molecular complexity index is 1000. The Morgan fingerprint density at radius 1 is 0.909 bits per heavy atom. The van der Waals surface area contributed by atoms with Crippen molar-refractivity contribution in [2.75, 3.05) is 44.6 Å². The first-order valence-corrected chi connectivity index (χ1v) is 10.9. The molecular weight excluding hydrogens is 430 g/mol. The summed E-state index contributed by atoms with van der Waals surface area (Å²) >= 11 is 0. The third-order valence-corrected chi connectivity index (χ3v) is 5.50. The number of rotatable bonds is 7. The van der Waals surface area contributed by atoms with Crippen LogP contribution in [0.3, 0.4) is 0 Å². The Labute approximate surface area is 191 Å². The van der Waals surface area contributed by atoms with Crippen molar-refractivity contribution < 1.29 is 23.2 Å². The smallest absolute Gasteiger partial charge is 0.253 e. The molecule has 0 radical (unpaired) electrons. The van der Waals surface area contributed by atoms with E-state index >= 15 is 0 Å². The second-order valence-corrected chi connectivity index (χ2v) is 8.30. The van der Waals surface area contributed by atoms with Crippen molar-refractivity contribution in [2.45, 2.75) is 19.8 Å². The van der Waals surface area contributed by atoms with E-state index in [0.29, 0.717) is 37.7 Å². The molecule has 1 aliphatic rings. The maximum Gasteiger partial charge on any atom is 0.253 e. The van der Waals surface area contributed by atoms with Gasteiger partial charge in [0, 0.05) is 43.5 Å². The molecule has 7 nitrogen and oxygen atoms in total.